The summed E-state index contributed by atoms with van der Waals surface area (Å²) in [5.41, 5.74) is 5.64. The Balaban J connectivity index is 4.27. The van der Waals surface area contributed by atoms with Gasteiger partial charge in [0.05, 0.1) is 19.2 Å². The van der Waals surface area contributed by atoms with Crippen LogP contribution in [0.1, 0.15) is 6.42 Å². The van der Waals surface area contributed by atoms with Gasteiger partial charge in [0.1, 0.15) is 12.6 Å². The van der Waals surface area contributed by atoms with E-state index >= 15 is 0 Å². The largest absolute Gasteiger partial charge is 0.480 e. The Hall–Kier alpha value is -1.85. The molecule has 7 N–H and O–H groups in total. The number of aliphatic hydroxyl groups is 1. The van der Waals surface area contributed by atoms with E-state index in [0.717, 1.165) is 0 Å². The number of rotatable bonds is 11. The number of carboxylic acids is 1. The Labute approximate surface area is 137 Å². The van der Waals surface area contributed by atoms with Crippen LogP contribution in [-0.4, -0.2) is 77.7 Å². The van der Waals surface area contributed by atoms with Crippen molar-refractivity contribution in [3.63, 3.8) is 0 Å². The van der Waals surface area contributed by atoms with E-state index in [9.17, 15) is 19.2 Å². The van der Waals surface area contributed by atoms with Gasteiger partial charge in [0.15, 0.2) is 0 Å². The van der Waals surface area contributed by atoms with E-state index < -0.39 is 55.5 Å². The monoisotopic (exact) mass is 350 g/mol. The Morgan fingerprint density at radius 2 is 1.78 bits per heavy atom. The Bertz CT molecular complexity index is 434. The first-order valence-corrected chi connectivity index (χ1v) is 8.13. The van der Waals surface area contributed by atoms with Crippen LogP contribution in [0.4, 0.5) is 0 Å². The van der Waals surface area contributed by atoms with Crippen molar-refractivity contribution in [1.29, 1.82) is 0 Å². The first-order chi connectivity index (χ1) is 10.8. The van der Waals surface area contributed by atoms with Gasteiger partial charge in [-0.25, -0.2) is 0 Å². The molecule has 0 aliphatic rings. The van der Waals surface area contributed by atoms with Crippen LogP contribution in [0.3, 0.4) is 0 Å². The number of aliphatic hydroxyl groups excluding tert-OH is 1. The van der Waals surface area contributed by atoms with Gasteiger partial charge in [-0.3, -0.25) is 19.2 Å². The Kier molecular flexibility index (Phi) is 10.7. The topological polar surface area (TPSA) is 171 Å². The number of carboxylic acid groups (broad SMARTS) is 1. The van der Waals surface area contributed by atoms with Crippen LogP contribution in [0.2, 0.25) is 0 Å². The van der Waals surface area contributed by atoms with Crippen LogP contribution in [0.25, 0.3) is 0 Å². The SMILES string of the molecule is CSCCC(N)C(=O)NC(CO)C(=O)NCC(=O)NCC(=O)O. The fraction of sp³-hybridized carbons (Fsp3) is 0.667. The molecule has 0 heterocycles. The lowest BCUT2D eigenvalue weighted by Crippen LogP contribution is -2.54. The third-order valence-corrected chi connectivity index (χ3v) is 3.29. The number of aliphatic carboxylic acids is 1. The highest BCUT2D eigenvalue weighted by Gasteiger charge is 2.23. The van der Waals surface area contributed by atoms with Gasteiger partial charge in [-0.05, 0) is 18.4 Å². The number of amides is 3. The molecule has 0 saturated heterocycles. The standard InChI is InChI=1S/C12H22N4O6S/c1-23-3-2-7(13)11(21)16-8(6-17)12(22)15-4-9(18)14-5-10(19)20/h7-8,17H,2-6,13H2,1H3,(H,14,18)(H,15,22)(H,16,21)(H,19,20). The lowest BCUT2D eigenvalue weighted by molar-refractivity contribution is -0.138. The van der Waals surface area contributed by atoms with Gasteiger partial charge in [-0.2, -0.15) is 11.8 Å². The maximum absolute atomic E-state index is 11.8. The fourth-order valence-corrected chi connectivity index (χ4v) is 1.87. The molecule has 0 aromatic carbocycles. The zero-order chi connectivity index (χ0) is 17.8. The third-order valence-electron chi connectivity index (χ3n) is 2.65. The molecule has 0 spiro atoms. The van der Waals surface area contributed by atoms with Crippen molar-refractivity contribution < 1.29 is 29.4 Å². The molecular formula is C12H22N4O6S. The van der Waals surface area contributed by atoms with Crippen LogP contribution in [0.5, 0.6) is 0 Å². The quantitative estimate of drug-likeness (QED) is 0.227. The minimum atomic E-state index is -1.24. The summed E-state index contributed by atoms with van der Waals surface area (Å²) in [5, 5.41) is 24.0. The highest BCUT2D eigenvalue weighted by atomic mass is 32.2. The first kappa shape index (κ1) is 21.1. The van der Waals surface area contributed by atoms with E-state index in [-0.39, 0.29) is 0 Å². The van der Waals surface area contributed by atoms with E-state index in [1.54, 1.807) is 0 Å². The average molecular weight is 350 g/mol. The molecule has 0 fully saturated rings. The average Bonchev–Trinajstić information content (AvgIpc) is 2.52. The summed E-state index contributed by atoms with van der Waals surface area (Å²) in [6.07, 6.45) is 2.29. The van der Waals surface area contributed by atoms with Crippen LogP contribution in [-0.2, 0) is 19.2 Å². The summed E-state index contributed by atoms with van der Waals surface area (Å²) in [6, 6.07) is -2.04. The highest BCUT2D eigenvalue weighted by Crippen LogP contribution is 1.99. The van der Waals surface area contributed by atoms with Crippen molar-refractivity contribution in [3.8, 4) is 0 Å². The lowest BCUT2D eigenvalue weighted by Gasteiger charge is -2.18. The molecule has 2 unspecified atom stereocenters. The molecule has 0 saturated carbocycles. The molecule has 0 aliphatic carbocycles. The summed E-state index contributed by atoms with van der Waals surface area (Å²) in [4.78, 5) is 45.0. The van der Waals surface area contributed by atoms with Crippen molar-refractivity contribution >= 4 is 35.5 Å². The van der Waals surface area contributed by atoms with Gasteiger partial charge >= 0.3 is 5.97 Å². The minimum Gasteiger partial charge on any atom is -0.480 e. The van der Waals surface area contributed by atoms with Crippen molar-refractivity contribution in [2.75, 3.05) is 31.7 Å². The van der Waals surface area contributed by atoms with Crippen molar-refractivity contribution in [3.05, 3.63) is 0 Å². The maximum atomic E-state index is 11.8. The lowest BCUT2D eigenvalue weighted by atomic mass is 10.2. The molecule has 0 aromatic rings. The van der Waals surface area contributed by atoms with Gasteiger partial charge in [-0.1, -0.05) is 0 Å². The second-order valence-electron chi connectivity index (χ2n) is 4.52. The molecule has 0 rings (SSSR count). The van der Waals surface area contributed by atoms with E-state index in [4.69, 9.17) is 15.9 Å². The number of hydrogen-bond donors (Lipinski definition) is 6. The molecular weight excluding hydrogens is 328 g/mol. The molecule has 0 aromatic heterocycles. The molecule has 11 heteroatoms. The van der Waals surface area contributed by atoms with E-state index in [1.165, 1.54) is 11.8 Å². The summed E-state index contributed by atoms with van der Waals surface area (Å²) in [6.45, 7) is -1.71. The second kappa shape index (κ2) is 11.7. The number of carbonyl (C=O) groups is 4. The molecule has 0 bridgehead atoms. The second-order valence-corrected chi connectivity index (χ2v) is 5.51. The number of nitrogens with two attached hydrogens (primary N) is 1. The number of thioether (sulfide) groups is 1. The van der Waals surface area contributed by atoms with Gasteiger partial charge in [0, 0.05) is 0 Å². The molecule has 0 radical (unpaired) electrons. The van der Waals surface area contributed by atoms with Gasteiger partial charge in [0.25, 0.3) is 0 Å². The van der Waals surface area contributed by atoms with Crippen LogP contribution in [0, 0.1) is 0 Å². The van der Waals surface area contributed by atoms with Crippen LogP contribution < -0.4 is 21.7 Å². The summed E-state index contributed by atoms with van der Waals surface area (Å²) < 4.78 is 0. The smallest absolute Gasteiger partial charge is 0.322 e. The van der Waals surface area contributed by atoms with Crippen molar-refractivity contribution in [2.45, 2.75) is 18.5 Å². The molecule has 23 heavy (non-hydrogen) atoms. The Morgan fingerprint density at radius 1 is 1.13 bits per heavy atom. The van der Waals surface area contributed by atoms with Crippen molar-refractivity contribution in [1.82, 2.24) is 16.0 Å². The predicted octanol–water partition coefficient (Wildman–Crippen LogP) is -3.14. The molecule has 0 aliphatic heterocycles. The van der Waals surface area contributed by atoms with E-state index in [0.29, 0.717) is 12.2 Å². The highest BCUT2D eigenvalue weighted by molar-refractivity contribution is 7.98. The number of hydrogen-bond acceptors (Lipinski definition) is 7. The van der Waals surface area contributed by atoms with Gasteiger partial charge in [0.2, 0.25) is 17.7 Å². The summed E-state index contributed by atoms with van der Waals surface area (Å²) in [7, 11) is 0. The summed E-state index contributed by atoms with van der Waals surface area (Å²) >= 11 is 1.52. The molecule has 3 amide bonds. The van der Waals surface area contributed by atoms with Gasteiger partial charge < -0.3 is 31.9 Å². The predicted molar refractivity (Wildman–Crippen MR) is 83.6 cm³/mol. The van der Waals surface area contributed by atoms with Gasteiger partial charge in [-0.15, -0.1) is 0 Å². The zero-order valence-electron chi connectivity index (χ0n) is 12.7. The molecule has 132 valence electrons. The Morgan fingerprint density at radius 3 is 2.30 bits per heavy atom. The number of carbonyl (C=O) groups excluding carboxylic acids is 3. The molecule has 2 atom stereocenters. The molecule has 10 nitrogen and oxygen atoms in total. The van der Waals surface area contributed by atoms with E-state index in [1.807, 2.05) is 6.26 Å². The summed E-state index contributed by atoms with van der Waals surface area (Å²) in [5.74, 6) is -2.61. The van der Waals surface area contributed by atoms with E-state index in [2.05, 4.69) is 16.0 Å². The van der Waals surface area contributed by atoms with Crippen LogP contribution in [0.15, 0.2) is 0 Å². The van der Waals surface area contributed by atoms with Crippen LogP contribution >= 0.6 is 11.8 Å². The normalized spacial score (nSPS) is 12.8. The fourth-order valence-electron chi connectivity index (χ4n) is 1.38. The first-order valence-electron chi connectivity index (χ1n) is 6.73. The zero-order valence-corrected chi connectivity index (χ0v) is 13.5. The maximum Gasteiger partial charge on any atom is 0.322 e. The van der Waals surface area contributed by atoms with Crippen molar-refractivity contribution in [2.24, 2.45) is 5.73 Å². The third kappa shape index (κ3) is 9.71. The minimum absolute atomic E-state index is 0.421. The number of nitrogens with one attached hydrogen (secondary N) is 3.